The molecule has 0 aliphatic heterocycles. The number of amides is 1. The van der Waals surface area contributed by atoms with Gasteiger partial charge in [-0.15, -0.1) is 0 Å². The van der Waals surface area contributed by atoms with Crippen LogP contribution in [-0.2, 0) is 9.53 Å². The summed E-state index contributed by atoms with van der Waals surface area (Å²) in [5, 5.41) is 5.98. The quantitative estimate of drug-likeness (QED) is 0.536. The van der Waals surface area contributed by atoms with Crippen LogP contribution in [0.2, 0.25) is 0 Å². The summed E-state index contributed by atoms with van der Waals surface area (Å²) in [6.07, 6.45) is 0. The predicted molar refractivity (Wildman–Crippen MR) is 112 cm³/mol. The third kappa shape index (κ3) is 7.88. The highest BCUT2D eigenvalue weighted by Gasteiger charge is 2.07. The van der Waals surface area contributed by atoms with Crippen LogP contribution in [0.25, 0.3) is 0 Å². The number of anilines is 2. The standard InChI is InChI=1S/C22H30N2O4/c1-4-26-13-14-27-21-8-6-5-7-20(21)23-15-22(25)24-18-9-11-19(12-10-18)28-16-17(2)3/h5-12,17,23H,4,13-16H2,1-3H3,(H,24,25). The minimum Gasteiger partial charge on any atom is -0.493 e. The first-order chi connectivity index (χ1) is 13.6. The van der Waals surface area contributed by atoms with Gasteiger partial charge < -0.3 is 24.8 Å². The average Bonchev–Trinajstić information content (AvgIpc) is 2.70. The summed E-state index contributed by atoms with van der Waals surface area (Å²) < 4.78 is 16.6. The lowest BCUT2D eigenvalue weighted by Gasteiger charge is -2.13. The second-order valence-electron chi connectivity index (χ2n) is 6.67. The molecule has 0 saturated carbocycles. The van der Waals surface area contributed by atoms with Gasteiger partial charge in [-0.2, -0.15) is 0 Å². The minimum atomic E-state index is -0.139. The van der Waals surface area contributed by atoms with Gasteiger partial charge in [0.25, 0.3) is 0 Å². The summed E-state index contributed by atoms with van der Waals surface area (Å²) in [6.45, 7) is 8.60. The number of rotatable bonds is 12. The van der Waals surface area contributed by atoms with E-state index < -0.39 is 0 Å². The highest BCUT2D eigenvalue weighted by atomic mass is 16.5. The summed E-state index contributed by atoms with van der Waals surface area (Å²) in [5.74, 6) is 1.82. The van der Waals surface area contributed by atoms with Crippen LogP contribution >= 0.6 is 0 Å². The van der Waals surface area contributed by atoms with Crippen LogP contribution in [-0.4, -0.2) is 38.9 Å². The molecular formula is C22H30N2O4. The molecule has 0 radical (unpaired) electrons. The Morgan fingerprint density at radius 2 is 1.75 bits per heavy atom. The third-order valence-electron chi connectivity index (χ3n) is 3.74. The van der Waals surface area contributed by atoms with Crippen LogP contribution in [0.4, 0.5) is 11.4 Å². The number of nitrogens with one attached hydrogen (secondary N) is 2. The first-order valence-electron chi connectivity index (χ1n) is 9.64. The van der Waals surface area contributed by atoms with Gasteiger partial charge in [0.1, 0.15) is 18.1 Å². The van der Waals surface area contributed by atoms with Crippen molar-refractivity contribution in [3.63, 3.8) is 0 Å². The van der Waals surface area contributed by atoms with Crippen LogP contribution < -0.4 is 20.1 Å². The van der Waals surface area contributed by atoms with Gasteiger partial charge in [-0.1, -0.05) is 26.0 Å². The van der Waals surface area contributed by atoms with Gasteiger partial charge in [0.05, 0.1) is 25.4 Å². The molecule has 0 saturated heterocycles. The van der Waals surface area contributed by atoms with Gasteiger partial charge in [-0.25, -0.2) is 0 Å². The van der Waals surface area contributed by atoms with Crippen molar-refractivity contribution in [3.8, 4) is 11.5 Å². The van der Waals surface area contributed by atoms with E-state index in [2.05, 4.69) is 24.5 Å². The fourth-order valence-electron chi connectivity index (χ4n) is 2.37. The van der Waals surface area contributed by atoms with E-state index >= 15 is 0 Å². The Morgan fingerprint density at radius 3 is 2.46 bits per heavy atom. The van der Waals surface area contributed by atoms with E-state index in [1.165, 1.54) is 0 Å². The van der Waals surface area contributed by atoms with Crippen molar-refractivity contribution in [3.05, 3.63) is 48.5 Å². The van der Waals surface area contributed by atoms with Gasteiger partial charge in [0, 0.05) is 12.3 Å². The van der Waals surface area contributed by atoms with Crippen molar-refractivity contribution in [2.45, 2.75) is 20.8 Å². The molecule has 2 N–H and O–H groups in total. The van der Waals surface area contributed by atoms with Gasteiger partial charge >= 0.3 is 0 Å². The Kier molecular flexibility index (Phi) is 9.15. The van der Waals surface area contributed by atoms with E-state index in [0.717, 1.165) is 17.1 Å². The Morgan fingerprint density at radius 1 is 1.00 bits per heavy atom. The summed E-state index contributed by atoms with van der Waals surface area (Å²) in [7, 11) is 0. The van der Waals surface area contributed by atoms with E-state index in [-0.39, 0.29) is 12.5 Å². The first kappa shape index (κ1) is 21.6. The van der Waals surface area contributed by atoms with Crippen molar-refractivity contribution >= 4 is 17.3 Å². The lowest BCUT2D eigenvalue weighted by molar-refractivity contribution is -0.114. The monoisotopic (exact) mass is 386 g/mol. The number of hydrogen-bond acceptors (Lipinski definition) is 5. The highest BCUT2D eigenvalue weighted by molar-refractivity contribution is 5.94. The summed E-state index contributed by atoms with van der Waals surface area (Å²) in [5.41, 5.74) is 1.50. The zero-order valence-electron chi connectivity index (χ0n) is 16.9. The predicted octanol–water partition coefficient (Wildman–Crippen LogP) is 4.19. The zero-order valence-corrected chi connectivity index (χ0v) is 16.9. The number of benzene rings is 2. The van der Waals surface area contributed by atoms with Crippen molar-refractivity contribution < 1.29 is 19.0 Å². The molecule has 152 valence electrons. The first-order valence-corrected chi connectivity index (χ1v) is 9.64. The third-order valence-corrected chi connectivity index (χ3v) is 3.74. The van der Waals surface area contributed by atoms with Crippen LogP contribution in [0, 0.1) is 5.92 Å². The molecule has 0 fully saturated rings. The number of carbonyl (C=O) groups excluding carboxylic acids is 1. The smallest absolute Gasteiger partial charge is 0.243 e. The van der Waals surface area contributed by atoms with Crippen LogP contribution in [0.5, 0.6) is 11.5 Å². The molecule has 6 heteroatoms. The molecule has 1 amide bonds. The van der Waals surface area contributed by atoms with E-state index in [9.17, 15) is 4.79 Å². The summed E-state index contributed by atoms with van der Waals surface area (Å²) in [4.78, 5) is 12.2. The lowest BCUT2D eigenvalue weighted by atomic mass is 10.2. The van der Waals surface area contributed by atoms with E-state index in [0.29, 0.717) is 38.1 Å². The molecule has 0 heterocycles. The van der Waals surface area contributed by atoms with Gasteiger partial charge in [0.2, 0.25) is 5.91 Å². The topological polar surface area (TPSA) is 68.8 Å². The lowest BCUT2D eigenvalue weighted by Crippen LogP contribution is -2.22. The number of ether oxygens (including phenoxy) is 3. The summed E-state index contributed by atoms with van der Waals surface area (Å²) in [6, 6.07) is 14.9. The maximum absolute atomic E-state index is 12.2. The molecule has 0 aliphatic carbocycles. The SMILES string of the molecule is CCOCCOc1ccccc1NCC(=O)Nc1ccc(OCC(C)C)cc1. The molecule has 0 aromatic heterocycles. The molecule has 2 aromatic rings. The van der Waals surface area contributed by atoms with E-state index in [4.69, 9.17) is 14.2 Å². The molecule has 2 rings (SSSR count). The molecule has 2 aromatic carbocycles. The average molecular weight is 386 g/mol. The van der Waals surface area contributed by atoms with Crippen LogP contribution in [0.15, 0.2) is 48.5 Å². The largest absolute Gasteiger partial charge is 0.493 e. The van der Waals surface area contributed by atoms with Crippen molar-refractivity contribution in [2.24, 2.45) is 5.92 Å². The zero-order chi connectivity index (χ0) is 20.2. The Labute approximate surface area is 167 Å². The normalized spacial score (nSPS) is 10.6. The number of para-hydroxylation sites is 2. The van der Waals surface area contributed by atoms with E-state index in [1.54, 1.807) is 0 Å². The molecule has 0 aliphatic rings. The molecule has 0 unspecified atom stereocenters. The maximum atomic E-state index is 12.2. The van der Waals surface area contributed by atoms with Crippen molar-refractivity contribution in [1.82, 2.24) is 0 Å². The minimum absolute atomic E-state index is 0.136. The highest BCUT2D eigenvalue weighted by Crippen LogP contribution is 2.23. The fourth-order valence-corrected chi connectivity index (χ4v) is 2.37. The number of carbonyl (C=O) groups is 1. The van der Waals surface area contributed by atoms with Crippen molar-refractivity contribution in [1.29, 1.82) is 0 Å². The second-order valence-corrected chi connectivity index (χ2v) is 6.67. The van der Waals surface area contributed by atoms with Gasteiger partial charge in [-0.05, 0) is 49.2 Å². The molecular weight excluding hydrogens is 356 g/mol. The molecule has 28 heavy (non-hydrogen) atoms. The van der Waals surface area contributed by atoms with Gasteiger partial charge in [0.15, 0.2) is 0 Å². The Hall–Kier alpha value is -2.73. The maximum Gasteiger partial charge on any atom is 0.243 e. The molecule has 6 nitrogen and oxygen atoms in total. The molecule has 0 bridgehead atoms. The summed E-state index contributed by atoms with van der Waals surface area (Å²) >= 11 is 0. The Bertz CT molecular complexity index is 717. The second kappa shape index (κ2) is 11.9. The van der Waals surface area contributed by atoms with Crippen LogP contribution in [0.3, 0.4) is 0 Å². The van der Waals surface area contributed by atoms with Crippen molar-refractivity contribution in [2.75, 3.05) is 43.6 Å². The van der Waals surface area contributed by atoms with Gasteiger partial charge in [-0.3, -0.25) is 4.79 Å². The van der Waals surface area contributed by atoms with Crippen LogP contribution in [0.1, 0.15) is 20.8 Å². The fraction of sp³-hybridized carbons (Fsp3) is 0.409. The Balaban J connectivity index is 1.80. The molecule has 0 atom stereocenters. The molecule has 0 spiro atoms. The van der Waals surface area contributed by atoms with E-state index in [1.807, 2.05) is 55.5 Å². The number of hydrogen-bond donors (Lipinski definition) is 2.